The maximum Gasteiger partial charge on any atom is 0.228 e. The quantitative estimate of drug-likeness (QED) is 0.691. The summed E-state index contributed by atoms with van der Waals surface area (Å²) in [5.74, 6) is 1.87. The first-order valence-electron chi connectivity index (χ1n) is 11.4. The summed E-state index contributed by atoms with van der Waals surface area (Å²) in [5.41, 5.74) is 3.02. The molecule has 0 spiro atoms. The highest BCUT2D eigenvalue weighted by molar-refractivity contribution is 5.94. The first kappa shape index (κ1) is 22.3. The molecule has 8 heteroatoms. The van der Waals surface area contributed by atoms with Crippen LogP contribution in [0.3, 0.4) is 0 Å². The minimum absolute atomic E-state index is 0.0943. The lowest BCUT2D eigenvalue weighted by atomic mass is 9.95. The summed E-state index contributed by atoms with van der Waals surface area (Å²) in [6.45, 7) is 4.83. The fourth-order valence-electron chi connectivity index (χ4n) is 4.58. The molecule has 8 nitrogen and oxygen atoms in total. The predicted molar refractivity (Wildman–Crippen MR) is 122 cm³/mol. The molecule has 170 valence electrons. The van der Waals surface area contributed by atoms with Gasteiger partial charge in [-0.3, -0.25) is 19.5 Å². The number of hydrogen-bond acceptors (Lipinski definition) is 6. The third kappa shape index (κ3) is 4.96. The van der Waals surface area contributed by atoms with Crippen molar-refractivity contribution < 1.29 is 9.59 Å². The number of anilines is 1. The maximum atomic E-state index is 12.9. The number of likely N-dealkylation sites (tertiary alicyclic amines) is 1. The third-order valence-electron chi connectivity index (χ3n) is 6.49. The van der Waals surface area contributed by atoms with Crippen LogP contribution in [-0.2, 0) is 22.6 Å². The lowest BCUT2D eigenvalue weighted by molar-refractivity contribution is -0.132. The Morgan fingerprint density at radius 3 is 2.88 bits per heavy atom. The number of carbonyl (C=O) groups excluding carboxylic acids is 2. The predicted octanol–water partition coefficient (Wildman–Crippen LogP) is 2.32. The van der Waals surface area contributed by atoms with Crippen molar-refractivity contribution in [3.63, 3.8) is 0 Å². The van der Waals surface area contributed by atoms with E-state index in [-0.39, 0.29) is 17.7 Å². The van der Waals surface area contributed by atoms with Crippen LogP contribution in [0.5, 0.6) is 0 Å². The number of rotatable bonds is 6. The van der Waals surface area contributed by atoms with Crippen LogP contribution in [0.4, 0.5) is 5.82 Å². The van der Waals surface area contributed by atoms with Crippen LogP contribution in [0.2, 0.25) is 0 Å². The molecule has 0 aromatic carbocycles. The zero-order valence-electron chi connectivity index (χ0n) is 19.3. The molecule has 1 atom stereocenters. The van der Waals surface area contributed by atoms with Crippen molar-refractivity contribution in [2.75, 3.05) is 38.6 Å². The Morgan fingerprint density at radius 1 is 1.25 bits per heavy atom. The lowest BCUT2D eigenvalue weighted by Gasteiger charge is -2.33. The Kier molecular flexibility index (Phi) is 6.79. The van der Waals surface area contributed by atoms with E-state index in [0.717, 1.165) is 54.5 Å². The summed E-state index contributed by atoms with van der Waals surface area (Å²) < 4.78 is 0. The van der Waals surface area contributed by atoms with E-state index in [1.54, 1.807) is 18.1 Å². The third-order valence-corrected chi connectivity index (χ3v) is 6.49. The van der Waals surface area contributed by atoms with Crippen molar-refractivity contribution in [2.45, 2.75) is 51.5 Å². The van der Waals surface area contributed by atoms with Crippen LogP contribution >= 0.6 is 0 Å². The summed E-state index contributed by atoms with van der Waals surface area (Å²) >= 11 is 0. The van der Waals surface area contributed by atoms with Gasteiger partial charge in [0.05, 0.1) is 5.69 Å². The number of hydrogen-bond donors (Lipinski definition) is 0. The topological polar surface area (TPSA) is 82.5 Å². The summed E-state index contributed by atoms with van der Waals surface area (Å²) in [7, 11) is 3.80. The lowest BCUT2D eigenvalue weighted by Crippen LogP contribution is -2.41. The molecule has 4 rings (SSSR count). The summed E-state index contributed by atoms with van der Waals surface area (Å²) in [4.78, 5) is 44.7. The molecule has 0 bridgehead atoms. The van der Waals surface area contributed by atoms with Crippen LogP contribution in [0.1, 0.15) is 54.4 Å². The molecule has 0 saturated carbocycles. The molecule has 1 fully saturated rings. The number of aryl methyl sites for hydroxylation is 1. The van der Waals surface area contributed by atoms with Gasteiger partial charge < -0.3 is 9.80 Å². The molecular weight excluding hydrogens is 404 g/mol. The van der Waals surface area contributed by atoms with Crippen LogP contribution in [0.25, 0.3) is 0 Å². The van der Waals surface area contributed by atoms with Crippen LogP contribution in [-0.4, -0.2) is 70.3 Å². The molecule has 0 N–H and O–H groups in total. The van der Waals surface area contributed by atoms with E-state index in [1.165, 1.54) is 0 Å². The van der Waals surface area contributed by atoms with Gasteiger partial charge in [0.1, 0.15) is 11.6 Å². The average molecular weight is 437 g/mol. The number of fused-ring (bicyclic) bond motifs is 1. The standard InChI is InChI=1S/C24H32N6O2/c1-17-20-9-10-21(31)29(3)24(20)27-23(26-17)18-7-6-13-30(15-18)22(32)11-14-28(2)16-19-8-4-5-12-25-19/h4-5,8,12,18H,6-7,9-11,13-16H2,1-3H3/t18-/m0/s1. The molecule has 2 aromatic heterocycles. The molecule has 2 aliphatic rings. The Hall–Kier alpha value is -2.87. The van der Waals surface area contributed by atoms with Gasteiger partial charge in [-0.1, -0.05) is 6.07 Å². The number of amides is 2. The molecule has 0 aliphatic carbocycles. The number of nitrogens with zero attached hydrogens (tertiary/aromatic N) is 6. The zero-order chi connectivity index (χ0) is 22.7. The fourth-order valence-corrected chi connectivity index (χ4v) is 4.58. The summed E-state index contributed by atoms with van der Waals surface area (Å²) in [6.07, 6.45) is 5.38. The molecule has 0 unspecified atom stereocenters. The second-order valence-electron chi connectivity index (χ2n) is 8.91. The Balaban J connectivity index is 1.37. The Labute approximate surface area is 189 Å². The van der Waals surface area contributed by atoms with Crippen LogP contribution < -0.4 is 4.90 Å². The van der Waals surface area contributed by atoms with E-state index in [9.17, 15) is 9.59 Å². The Bertz CT molecular complexity index is 980. The van der Waals surface area contributed by atoms with Gasteiger partial charge in [0.15, 0.2) is 0 Å². The fraction of sp³-hybridized carbons (Fsp3) is 0.542. The molecule has 2 amide bonds. The first-order valence-corrected chi connectivity index (χ1v) is 11.4. The second kappa shape index (κ2) is 9.73. The first-order chi connectivity index (χ1) is 15.4. The van der Waals surface area contributed by atoms with E-state index < -0.39 is 0 Å². The monoisotopic (exact) mass is 436 g/mol. The molecule has 0 radical (unpaired) electrons. The molecule has 32 heavy (non-hydrogen) atoms. The van der Waals surface area contributed by atoms with Gasteiger partial charge in [-0.05, 0) is 45.4 Å². The van der Waals surface area contributed by atoms with E-state index in [4.69, 9.17) is 9.97 Å². The molecule has 2 aliphatic heterocycles. The van der Waals surface area contributed by atoms with Crippen molar-refractivity contribution in [3.05, 3.63) is 47.2 Å². The number of carbonyl (C=O) groups is 2. The number of aromatic nitrogens is 3. The van der Waals surface area contributed by atoms with Gasteiger partial charge >= 0.3 is 0 Å². The number of pyridine rings is 1. The SMILES string of the molecule is Cc1nc([C@H]2CCCN(C(=O)CCN(C)Cc3ccccn3)C2)nc2c1CCC(=O)N2C. The molecule has 1 saturated heterocycles. The van der Waals surface area contributed by atoms with Crippen LogP contribution in [0, 0.1) is 6.92 Å². The van der Waals surface area contributed by atoms with Crippen molar-refractivity contribution >= 4 is 17.6 Å². The van der Waals surface area contributed by atoms with Gasteiger partial charge in [0.25, 0.3) is 0 Å². The normalized spacial score (nSPS) is 18.8. The van der Waals surface area contributed by atoms with Crippen molar-refractivity contribution in [2.24, 2.45) is 0 Å². The van der Waals surface area contributed by atoms with Gasteiger partial charge in [-0.2, -0.15) is 0 Å². The highest BCUT2D eigenvalue weighted by Gasteiger charge is 2.30. The summed E-state index contributed by atoms with van der Waals surface area (Å²) in [6, 6.07) is 5.88. The van der Waals surface area contributed by atoms with E-state index in [1.807, 2.05) is 37.1 Å². The van der Waals surface area contributed by atoms with Gasteiger partial charge in [0, 0.05) is 69.4 Å². The van der Waals surface area contributed by atoms with Crippen molar-refractivity contribution in [1.29, 1.82) is 0 Å². The average Bonchev–Trinajstić information content (AvgIpc) is 2.80. The van der Waals surface area contributed by atoms with E-state index in [2.05, 4.69) is 9.88 Å². The van der Waals surface area contributed by atoms with Crippen molar-refractivity contribution in [3.8, 4) is 0 Å². The number of piperidine rings is 1. The van der Waals surface area contributed by atoms with E-state index >= 15 is 0 Å². The van der Waals surface area contributed by atoms with Gasteiger partial charge in [0.2, 0.25) is 11.8 Å². The van der Waals surface area contributed by atoms with Gasteiger partial charge in [-0.25, -0.2) is 9.97 Å². The second-order valence-corrected chi connectivity index (χ2v) is 8.91. The molecular formula is C24H32N6O2. The minimum Gasteiger partial charge on any atom is -0.342 e. The molecule has 2 aromatic rings. The highest BCUT2D eigenvalue weighted by atomic mass is 16.2. The minimum atomic E-state index is 0.0943. The maximum absolute atomic E-state index is 12.9. The Morgan fingerprint density at radius 2 is 2.09 bits per heavy atom. The van der Waals surface area contributed by atoms with Gasteiger partial charge in [-0.15, -0.1) is 0 Å². The summed E-state index contributed by atoms with van der Waals surface area (Å²) in [5, 5.41) is 0. The zero-order valence-corrected chi connectivity index (χ0v) is 19.3. The smallest absolute Gasteiger partial charge is 0.228 e. The highest BCUT2D eigenvalue weighted by Crippen LogP contribution is 2.31. The van der Waals surface area contributed by atoms with Crippen molar-refractivity contribution in [1.82, 2.24) is 24.8 Å². The van der Waals surface area contributed by atoms with E-state index in [0.29, 0.717) is 32.4 Å². The largest absolute Gasteiger partial charge is 0.342 e. The van der Waals surface area contributed by atoms with Crippen LogP contribution in [0.15, 0.2) is 24.4 Å². The molecule has 4 heterocycles.